The van der Waals surface area contributed by atoms with Gasteiger partial charge in [-0.15, -0.1) is 0 Å². The lowest BCUT2D eigenvalue weighted by Crippen LogP contribution is -2.35. The summed E-state index contributed by atoms with van der Waals surface area (Å²) in [5, 5.41) is 0. The van der Waals surface area contributed by atoms with Crippen molar-refractivity contribution < 1.29 is 14.3 Å². The number of amides is 1. The minimum Gasteiger partial charge on any atom is -0.462 e. The fourth-order valence-corrected chi connectivity index (χ4v) is 2.02. The Labute approximate surface area is 90.6 Å². The van der Waals surface area contributed by atoms with Gasteiger partial charge in [0.05, 0.1) is 7.11 Å². The summed E-state index contributed by atoms with van der Waals surface area (Å²) in [6.07, 6.45) is 6.14. The Morgan fingerprint density at radius 1 is 1.33 bits per heavy atom. The highest BCUT2D eigenvalue weighted by Crippen LogP contribution is 2.27. The van der Waals surface area contributed by atoms with Crippen molar-refractivity contribution >= 4 is 11.9 Å². The molecule has 0 aromatic carbocycles. The Hall–Kier alpha value is -1.06. The van der Waals surface area contributed by atoms with Crippen molar-refractivity contribution in [1.82, 2.24) is 4.90 Å². The Bertz CT molecular complexity index is 234. The normalized spacial score (nSPS) is 16.4. The zero-order valence-electron chi connectivity index (χ0n) is 9.49. The van der Waals surface area contributed by atoms with Crippen LogP contribution in [0.15, 0.2) is 0 Å². The predicted molar refractivity (Wildman–Crippen MR) is 56.2 cm³/mol. The number of likely N-dealkylation sites (N-methyl/N-ethyl adjacent to an activating group) is 1. The molecule has 0 bridgehead atoms. The van der Waals surface area contributed by atoms with Crippen molar-refractivity contribution in [3.8, 4) is 0 Å². The van der Waals surface area contributed by atoms with Gasteiger partial charge in [-0.3, -0.25) is 4.79 Å². The lowest BCUT2D eigenvalue weighted by atomic mass is 10.0. The number of nitrogens with zero attached hydrogens (tertiary/aromatic N) is 1. The van der Waals surface area contributed by atoms with Crippen LogP contribution in [0.2, 0.25) is 0 Å². The molecule has 1 aliphatic carbocycles. The first-order chi connectivity index (χ1) is 7.15. The second-order valence-electron chi connectivity index (χ2n) is 4.16. The molecule has 0 spiro atoms. The summed E-state index contributed by atoms with van der Waals surface area (Å²) in [5.74, 6) is -0.586. The van der Waals surface area contributed by atoms with Crippen LogP contribution in [-0.4, -0.2) is 37.5 Å². The van der Waals surface area contributed by atoms with Crippen molar-refractivity contribution in [1.29, 1.82) is 0 Å². The number of hydrogen-bond donors (Lipinski definition) is 0. The van der Waals surface area contributed by atoms with E-state index in [2.05, 4.69) is 4.74 Å². The molecule has 4 heteroatoms. The highest BCUT2D eigenvalue weighted by molar-refractivity contribution is 6.32. The van der Waals surface area contributed by atoms with Crippen LogP contribution in [0.1, 0.15) is 32.1 Å². The van der Waals surface area contributed by atoms with Gasteiger partial charge >= 0.3 is 11.9 Å². The van der Waals surface area contributed by atoms with Crippen molar-refractivity contribution in [2.45, 2.75) is 32.1 Å². The monoisotopic (exact) mass is 213 g/mol. The average molecular weight is 213 g/mol. The maximum atomic E-state index is 11.3. The first-order valence-electron chi connectivity index (χ1n) is 5.48. The molecule has 0 aromatic rings. The van der Waals surface area contributed by atoms with E-state index in [1.54, 1.807) is 7.05 Å². The Morgan fingerprint density at radius 2 is 1.93 bits per heavy atom. The second kappa shape index (κ2) is 5.73. The van der Waals surface area contributed by atoms with Gasteiger partial charge in [0.1, 0.15) is 0 Å². The van der Waals surface area contributed by atoms with E-state index in [0.717, 1.165) is 12.3 Å². The summed E-state index contributed by atoms with van der Waals surface area (Å²) in [6, 6.07) is 0. The van der Waals surface area contributed by atoms with Crippen LogP contribution < -0.4 is 0 Å². The van der Waals surface area contributed by atoms with Crippen molar-refractivity contribution in [2.75, 3.05) is 20.7 Å². The SMILES string of the molecule is COC(=O)C(=O)N(C)CCC1CCCC1. The number of carbonyl (C=O) groups is 2. The molecular formula is C11H19NO3. The van der Waals surface area contributed by atoms with Crippen LogP contribution in [0, 0.1) is 5.92 Å². The first kappa shape index (κ1) is 12.0. The van der Waals surface area contributed by atoms with Crippen LogP contribution in [0.4, 0.5) is 0 Å². The zero-order chi connectivity index (χ0) is 11.3. The van der Waals surface area contributed by atoms with Gasteiger partial charge in [0.2, 0.25) is 0 Å². The maximum absolute atomic E-state index is 11.3. The summed E-state index contributed by atoms with van der Waals surface area (Å²) in [7, 11) is 2.87. The molecule has 0 heterocycles. The highest BCUT2D eigenvalue weighted by Gasteiger charge is 2.21. The molecule has 0 atom stereocenters. The molecule has 0 N–H and O–H groups in total. The minimum atomic E-state index is -0.774. The molecule has 1 fully saturated rings. The van der Waals surface area contributed by atoms with E-state index in [-0.39, 0.29) is 0 Å². The summed E-state index contributed by atoms with van der Waals surface area (Å²) in [5.41, 5.74) is 0. The van der Waals surface area contributed by atoms with Crippen LogP contribution in [0.3, 0.4) is 0 Å². The van der Waals surface area contributed by atoms with Crippen LogP contribution in [0.25, 0.3) is 0 Å². The van der Waals surface area contributed by atoms with Gasteiger partial charge < -0.3 is 9.64 Å². The predicted octanol–water partition coefficient (Wildman–Crippen LogP) is 1.20. The molecule has 1 amide bonds. The lowest BCUT2D eigenvalue weighted by molar-refractivity contribution is -0.157. The molecule has 0 unspecified atom stereocenters. The summed E-state index contributed by atoms with van der Waals surface area (Å²) in [6.45, 7) is 0.651. The smallest absolute Gasteiger partial charge is 0.396 e. The fourth-order valence-electron chi connectivity index (χ4n) is 2.02. The van der Waals surface area contributed by atoms with Gasteiger partial charge in [0.25, 0.3) is 0 Å². The third-order valence-electron chi connectivity index (χ3n) is 3.05. The van der Waals surface area contributed by atoms with Crippen LogP contribution >= 0.6 is 0 Å². The maximum Gasteiger partial charge on any atom is 0.396 e. The summed E-state index contributed by atoms with van der Waals surface area (Å²) in [4.78, 5) is 23.7. The van der Waals surface area contributed by atoms with E-state index in [4.69, 9.17) is 0 Å². The Kier molecular flexibility index (Phi) is 4.59. The molecule has 1 rings (SSSR count). The number of esters is 1. The molecule has 4 nitrogen and oxygen atoms in total. The second-order valence-corrected chi connectivity index (χ2v) is 4.16. The average Bonchev–Trinajstić information content (AvgIpc) is 2.76. The van der Waals surface area contributed by atoms with Gasteiger partial charge in [-0.2, -0.15) is 0 Å². The Morgan fingerprint density at radius 3 is 2.47 bits per heavy atom. The van der Waals surface area contributed by atoms with E-state index < -0.39 is 11.9 Å². The van der Waals surface area contributed by atoms with E-state index in [1.165, 1.54) is 37.7 Å². The number of ether oxygens (including phenoxy) is 1. The highest BCUT2D eigenvalue weighted by atomic mass is 16.5. The van der Waals surface area contributed by atoms with Gasteiger partial charge in [0, 0.05) is 13.6 Å². The molecule has 0 aliphatic heterocycles. The Balaban J connectivity index is 2.25. The van der Waals surface area contributed by atoms with Gasteiger partial charge in [-0.25, -0.2) is 4.79 Å². The molecule has 0 radical (unpaired) electrons. The standard InChI is InChI=1S/C11H19NO3/c1-12(10(13)11(14)15-2)8-7-9-5-3-4-6-9/h9H,3-8H2,1-2H3. The van der Waals surface area contributed by atoms with E-state index in [1.807, 2.05) is 0 Å². The van der Waals surface area contributed by atoms with E-state index >= 15 is 0 Å². The van der Waals surface area contributed by atoms with Crippen molar-refractivity contribution in [2.24, 2.45) is 5.92 Å². The minimum absolute atomic E-state index is 0.546. The first-order valence-corrected chi connectivity index (χ1v) is 5.48. The molecule has 86 valence electrons. The quantitative estimate of drug-likeness (QED) is 0.522. The third kappa shape index (κ3) is 3.53. The third-order valence-corrected chi connectivity index (χ3v) is 3.05. The van der Waals surface area contributed by atoms with Gasteiger partial charge in [-0.05, 0) is 12.3 Å². The van der Waals surface area contributed by atoms with Crippen LogP contribution in [0.5, 0.6) is 0 Å². The van der Waals surface area contributed by atoms with Crippen molar-refractivity contribution in [3.05, 3.63) is 0 Å². The molecule has 0 saturated heterocycles. The molecule has 1 aliphatic rings. The number of rotatable bonds is 3. The van der Waals surface area contributed by atoms with Gasteiger partial charge in [-0.1, -0.05) is 25.7 Å². The van der Waals surface area contributed by atoms with Crippen LogP contribution in [-0.2, 0) is 14.3 Å². The molecule has 15 heavy (non-hydrogen) atoms. The summed E-state index contributed by atoms with van der Waals surface area (Å²) < 4.78 is 4.37. The van der Waals surface area contributed by atoms with E-state index in [0.29, 0.717) is 6.54 Å². The lowest BCUT2D eigenvalue weighted by Gasteiger charge is -2.17. The molecular weight excluding hydrogens is 194 g/mol. The molecule has 0 aromatic heterocycles. The largest absolute Gasteiger partial charge is 0.462 e. The van der Waals surface area contributed by atoms with E-state index in [9.17, 15) is 9.59 Å². The number of hydrogen-bond acceptors (Lipinski definition) is 3. The zero-order valence-corrected chi connectivity index (χ0v) is 9.49. The molecule has 1 saturated carbocycles. The summed E-state index contributed by atoms with van der Waals surface area (Å²) >= 11 is 0. The number of methoxy groups -OCH3 is 1. The number of carbonyl (C=O) groups excluding carboxylic acids is 2. The fraction of sp³-hybridized carbons (Fsp3) is 0.818. The van der Waals surface area contributed by atoms with Gasteiger partial charge in [0.15, 0.2) is 0 Å². The topological polar surface area (TPSA) is 46.6 Å². The van der Waals surface area contributed by atoms with Crippen molar-refractivity contribution in [3.63, 3.8) is 0 Å².